The van der Waals surface area contributed by atoms with Gasteiger partial charge in [-0.2, -0.15) is 0 Å². The number of rotatable bonds is 4. The van der Waals surface area contributed by atoms with Crippen LogP contribution in [0.3, 0.4) is 0 Å². The van der Waals surface area contributed by atoms with E-state index in [1.165, 1.54) is 25.9 Å². The van der Waals surface area contributed by atoms with E-state index in [0.717, 1.165) is 11.8 Å². The van der Waals surface area contributed by atoms with E-state index in [4.69, 9.17) is 0 Å². The summed E-state index contributed by atoms with van der Waals surface area (Å²) in [5.41, 5.74) is 0.634. The summed E-state index contributed by atoms with van der Waals surface area (Å²) in [5, 5.41) is 3.41. The lowest BCUT2D eigenvalue weighted by Crippen LogP contribution is -2.57. The molecule has 1 fully saturated rings. The molecule has 1 aliphatic heterocycles. The molecule has 1 heteroatoms. The van der Waals surface area contributed by atoms with Crippen LogP contribution in [0.2, 0.25) is 0 Å². The molecule has 1 aliphatic rings. The fourth-order valence-electron chi connectivity index (χ4n) is 2.07. The van der Waals surface area contributed by atoms with Crippen LogP contribution in [0, 0.1) is 17.3 Å². The van der Waals surface area contributed by atoms with Gasteiger partial charge in [-0.25, -0.2) is 0 Å². The Morgan fingerprint density at radius 1 is 1.25 bits per heavy atom. The predicted octanol–water partition coefficient (Wildman–Crippen LogP) is 2.67. The monoisotopic (exact) mass is 169 g/mol. The summed E-state index contributed by atoms with van der Waals surface area (Å²) in [4.78, 5) is 0. The normalized spacial score (nSPS) is 23.8. The van der Waals surface area contributed by atoms with Gasteiger partial charge in [-0.3, -0.25) is 0 Å². The SMILES string of the molecule is CCC(C)CC1(C(C)C)CNC1. The van der Waals surface area contributed by atoms with E-state index >= 15 is 0 Å². The Kier molecular flexibility index (Phi) is 3.16. The molecular weight excluding hydrogens is 146 g/mol. The van der Waals surface area contributed by atoms with Crippen LogP contribution in [0.25, 0.3) is 0 Å². The minimum atomic E-state index is 0.634. The maximum Gasteiger partial charge on any atom is 0.00228 e. The third-order valence-corrected chi connectivity index (χ3v) is 3.63. The van der Waals surface area contributed by atoms with E-state index in [9.17, 15) is 0 Å². The van der Waals surface area contributed by atoms with Crippen molar-refractivity contribution < 1.29 is 0 Å². The summed E-state index contributed by atoms with van der Waals surface area (Å²) >= 11 is 0. The van der Waals surface area contributed by atoms with Crippen molar-refractivity contribution in [3.63, 3.8) is 0 Å². The standard InChI is InChI=1S/C11H23N/c1-5-10(4)6-11(9(2)3)7-12-8-11/h9-10,12H,5-8H2,1-4H3. The van der Waals surface area contributed by atoms with Crippen LogP contribution >= 0.6 is 0 Å². The van der Waals surface area contributed by atoms with Crippen LogP contribution in [0.1, 0.15) is 40.5 Å². The summed E-state index contributed by atoms with van der Waals surface area (Å²) < 4.78 is 0. The highest BCUT2D eigenvalue weighted by atomic mass is 15.0. The van der Waals surface area contributed by atoms with E-state index in [1.807, 2.05) is 0 Å². The average molecular weight is 169 g/mol. The molecule has 1 unspecified atom stereocenters. The van der Waals surface area contributed by atoms with Crippen molar-refractivity contribution in [1.29, 1.82) is 0 Å². The predicted molar refractivity (Wildman–Crippen MR) is 54.2 cm³/mol. The van der Waals surface area contributed by atoms with Crippen LogP contribution in [0.15, 0.2) is 0 Å². The molecule has 1 saturated heterocycles. The molecule has 72 valence electrons. The fraction of sp³-hybridized carbons (Fsp3) is 1.00. The molecule has 0 aromatic rings. The first kappa shape index (κ1) is 10.0. The van der Waals surface area contributed by atoms with Crippen molar-refractivity contribution in [2.24, 2.45) is 17.3 Å². The highest BCUT2D eigenvalue weighted by Crippen LogP contribution is 2.38. The van der Waals surface area contributed by atoms with Crippen LogP contribution < -0.4 is 5.32 Å². The molecular formula is C11H23N. The smallest absolute Gasteiger partial charge is 0.00228 e. The van der Waals surface area contributed by atoms with Crippen molar-refractivity contribution in [2.45, 2.75) is 40.5 Å². The largest absolute Gasteiger partial charge is 0.316 e. The Labute approximate surface area is 76.9 Å². The number of nitrogens with one attached hydrogen (secondary N) is 1. The summed E-state index contributed by atoms with van der Waals surface area (Å²) in [6.45, 7) is 11.9. The highest BCUT2D eigenvalue weighted by molar-refractivity contribution is 4.95. The van der Waals surface area contributed by atoms with Gasteiger partial charge in [-0.15, -0.1) is 0 Å². The van der Waals surface area contributed by atoms with Gasteiger partial charge in [0.15, 0.2) is 0 Å². The van der Waals surface area contributed by atoms with Gasteiger partial charge in [0.25, 0.3) is 0 Å². The second kappa shape index (κ2) is 3.78. The second-order valence-corrected chi connectivity index (χ2v) is 4.84. The minimum absolute atomic E-state index is 0.634. The van der Waals surface area contributed by atoms with Gasteiger partial charge in [0, 0.05) is 13.1 Å². The summed E-state index contributed by atoms with van der Waals surface area (Å²) in [5.74, 6) is 1.74. The second-order valence-electron chi connectivity index (χ2n) is 4.84. The zero-order valence-electron chi connectivity index (χ0n) is 8.98. The Morgan fingerprint density at radius 3 is 2.08 bits per heavy atom. The summed E-state index contributed by atoms with van der Waals surface area (Å²) in [7, 11) is 0. The molecule has 12 heavy (non-hydrogen) atoms. The van der Waals surface area contributed by atoms with E-state index < -0.39 is 0 Å². The summed E-state index contributed by atoms with van der Waals surface area (Å²) in [6, 6.07) is 0. The van der Waals surface area contributed by atoms with E-state index in [0.29, 0.717) is 5.41 Å². The van der Waals surface area contributed by atoms with Crippen LogP contribution in [-0.2, 0) is 0 Å². The van der Waals surface area contributed by atoms with E-state index in [-0.39, 0.29) is 0 Å². The zero-order chi connectivity index (χ0) is 9.19. The molecule has 0 aromatic carbocycles. The van der Waals surface area contributed by atoms with Crippen molar-refractivity contribution in [1.82, 2.24) is 5.32 Å². The Morgan fingerprint density at radius 2 is 1.83 bits per heavy atom. The molecule has 1 N–H and O–H groups in total. The molecule has 0 bridgehead atoms. The molecule has 0 aliphatic carbocycles. The molecule has 0 radical (unpaired) electrons. The molecule has 0 spiro atoms. The van der Waals surface area contributed by atoms with Gasteiger partial charge < -0.3 is 5.32 Å². The van der Waals surface area contributed by atoms with Gasteiger partial charge in [0.05, 0.1) is 0 Å². The van der Waals surface area contributed by atoms with Gasteiger partial charge in [0.2, 0.25) is 0 Å². The van der Waals surface area contributed by atoms with Gasteiger partial charge in [0.1, 0.15) is 0 Å². The maximum absolute atomic E-state index is 3.41. The van der Waals surface area contributed by atoms with Gasteiger partial charge in [-0.1, -0.05) is 34.1 Å². The summed E-state index contributed by atoms with van der Waals surface area (Å²) in [6.07, 6.45) is 2.74. The molecule has 1 rings (SSSR count). The molecule has 1 heterocycles. The van der Waals surface area contributed by atoms with Crippen LogP contribution in [0.5, 0.6) is 0 Å². The highest BCUT2D eigenvalue weighted by Gasteiger charge is 2.40. The molecule has 1 nitrogen and oxygen atoms in total. The quantitative estimate of drug-likeness (QED) is 0.682. The fourth-order valence-corrected chi connectivity index (χ4v) is 2.07. The van der Waals surface area contributed by atoms with E-state index in [2.05, 4.69) is 33.0 Å². The zero-order valence-corrected chi connectivity index (χ0v) is 8.98. The van der Waals surface area contributed by atoms with Crippen molar-refractivity contribution in [2.75, 3.05) is 13.1 Å². The van der Waals surface area contributed by atoms with Crippen LogP contribution in [-0.4, -0.2) is 13.1 Å². The van der Waals surface area contributed by atoms with Gasteiger partial charge >= 0.3 is 0 Å². The van der Waals surface area contributed by atoms with Crippen molar-refractivity contribution in [3.8, 4) is 0 Å². The number of hydrogen-bond donors (Lipinski definition) is 1. The molecule has 0 saturated carbocycles. The minimum Gasteiger partial charge on any atom is -0.316 e. The average Bonchev–Trinajstić information content (AvgIpc) is 1.95. The van der Waals surface area contributed by atoms with Crippen LogP contribution in [0.4, 0.5) is 0 Å². The maximum atomic E-state index is 3.41. The van der Waals surface area contributed by atoms with Crippen molar-refractivity contribution >= 4 is 0 Å². The van der Waals surface area contributed by atoms with Crippen molar-refractivity contribution in [3.05, 3.63) is 0 Å². The first-order valence-electron chi connectivity index (χ1n) is 5.31. The first-order valence-corrected chi connectivity index (χ1v) is 5.31. The lowest BCUT2D eigenvalue weighted by atomic mass is 9.67. The Hall–Kier alpha value is -0.0400. The van der Waals surface area contributed by atoms with Gasteiger partial charge in [-0.05, 0) is 23.7 Å². The topological polar surface area (TPSA) is 12.0 Å². The molecule has 0 aromatic heterocycles. The Balaban J connectivity index is 2.45. The molecule has 0 amide bonds. The molecule has 1 atom stereocenters. The third kappa shape index (κ3) is 1.82. The lowest BCUT2D eigenvalue weighted by molar-refractivity contribution is 0.0672. The lowest BCUT2D eigenvalue weighted by Gasteiger charge is -2.47. The van der Waals surface area contributed by atoms with E-state index in [1.54, 1.807) is 0 Å². The number of hydrogen-bond acceptors (Lipinski definition) is 1. The first-order chi connectivity index (χ1) is 5.60. The Bertz CT molecular complexity index is 136. The third-order valence-electron chi connectivity index (χ3n) is 3.63.